The van der Waals surface area contributed by atoms with Crippen molar-refractivity contribution in [2.45, 2.75) is 32.6 Å². The van der Waals surface area contributed by atoms with E-state index in [9.17, 15) is 0 Å². The highest BCUT2D eigenvalue weighted by molar-refractivity contribution is 5.21. The second kappa shape index (κ2) is 5.26. The quantitative estimate of drug-likeness (QED) is 0.658. The second-order valence-electron chi connectivity index (χ2n) is 2.96. The summed E-state index contributed by atoms with van der Waals surface area (Å²) in [6.45, 7) is 2.17. The van der Waals surface area contributed by atoms with Crippen molar-refractivity contribution in [3.63, 3.8) is 0 Å². The first kappa shape index (κ1) is 9.66. The Labute approximate surface area is 78.5 Å². The minimum Gasteiger partial charge on any atom is -0.240 e. The van der Waals surface area contributed by atoms with E-state index in [1.165, 1.54) is 12.8 Å². The Hall–Kier alpha value is -1.43. The fraction of sp³-hybridized carbons (Fsp3) is 0.500. The molecule has 3 nitrogen and oxygen atoms in total. The van der Waals surface area contributed by atoms with Gasteiger partial charge < -0.3 is 0 Å². The normalized spacial score (nSPS) is 9.54. The summed E-state index contributed by atoms with van der Waals surface area (Å²) in [5.41, 5.74) is 0.527. The molecule has 3 heteroatoms. The first-order valence-electron chi connectivity index (χ1n) is 4.58. The van der Waals surface area contributed by atoms with Crippen LogP contribution in [0.25, 0.3) is 0 Å². The number of nitriles is 1. The summed E-state index contributed by atoms with van der Waals surface area (Å²) in [5.74, 6) is 0.840. The highest BCUT2D eigenvalue weighted by atomic mass is 14.9. The number of unbranched alkanes of at least 4 members (excludes halogenated alkanes) is 2. The van der Waals surface area contributed by atoms with E-state index in [0.29, 0.717) is 5.56 Å². The first-order chi connectivity index (χ1) is 6.36. The number of hydrogen-bond acceptors (Lipinski definition) is 3. The molecule has 0 aliphatic rings. The van der Waals surface area contributed by atoms with Crippen LogP contribution >= 0.6 is 0 Å². The van der Waals surface area contributed by atoms with Gasteiger partial charge in [-0.25, -0.2) is 9.97 Å². The van der Waals surface area contributed by atoms with Crippen molar-refractivity contribution in [2.24, 2.45) is 0 Å². The minimum atomic E-state index is 0.527. The summed E-state index contributed by atoms with van der Waals surface area (Å²) in [6, 6.07) is 2.00. The zero-order valence-corrected chi connectivity index (χ0v) is 7.82. The van der Waals surface area contributed by atoms with E-state index in [1.54, 1.807) is 12.4 Å². The lowest BCUT2D eigenvalue weighted by atomic mass is 10.2. The highest BCUT2D eigenvalue weighted by Crippen LogP contribution is 2.01. The van der Waals surface area contributed by atoms with Gasteiger partial charge in [-0.2, -0.15) is 5.26 Å². The fourth-order valence-electron chi connectivity index (χ4n) is 1.07. The molecule has 1 aromatic rings. The van der Waals surface area contributed by atoms with Gasteiger partial charge >= 0.3 is 0 Å². The first-order valence-corrected chi connectivity index (χ1v) is 4.58. The minimum absolute atomic E-state index is 0.527. The zero-order valence-electron chi connectivity index (χ0n) is 7.82. The smallest absolute Gasteiger partial charge is 0.128 e. The Balaban J connectivity index is 2.46. The molecule has 0 aliphatic heterocycles. The molecule has 0 atom stereocenters. The molecule has 0 spiro atoms. The summed E-state index contributed by atoms with van der Waals surface area (Å²) in [7, 11) is 0. The topological polar surface area (TPSA) is 49.6 Å². The molecule has 0 radical (unpaired) electrons. The number of rotatable bonds is 4. The summed E-state index contributed by atoms with van der Waals surface area (Å²) in [4.78, 5) is 8.18. The van der Waals surface area contributed by atoms with E-state index in [-0.39, 0.29) is 0 Å². The van der Waals surface area contributed by atoms with Gasteiger partial charge in [-0.1, -0.05) is 19.8 Å². The molecule has 0 N–H and O–H groups in total. The molecule has 0 fully saturated rings. The van der Waals surface area contributed by atoms with E-state index in [1.807, 2.05) is 6.07 Å². The van der Waals surface area contributed by atoms with E-state index >= 15 is 0 Å². The van der Waals surface area contributed by atoms with Crippen LogP contribution in [0.3, 0.4) is 0 Å². The van der Waals surface area contributed by atoms with Crippen molar-refractivity contribution in [1.29, 1.82) is 5.26 Å². The van der Waals surface area contributed by atoms with E-state index < -0.39 is 0 Å². The van der Waals surface area contributed by atoms with Gasteiger partial charge in [0, 0.05) is 18.8 Å². The van der Waals surface area contributed by atoms with E-state index in [4.69, 9.17) is 5.26 Å². The molecule has 1 rings (SSSR count). The molecular weight excluding hydrogens is 162 g/mol. The van der Waals surface area contributed by atoms with Gasteiger partial charge in [0.2, 0.25) is 0 Å². The maximum absolute atomic E-state index is 8.51. The summed E-state index contributed by atoms with van der Waals surface area (Å²) >= 11 is 0. The molecule has 0 aromatic carbocycles. The lowest BCUT2D eigenvalue weighted by Crippen LogP contribution is -1.94. The largest absolute Gasteiger partial charge is 0.240 e. The van der Waals surface area contributed by atoms with Crippen LogP contribution in [0.2, 0.25) is 0 Å². The molecule has 0 amide bonds. The Morgan fingerprint density at radius 1 is 1.31 bits per heavy atom. The van der Waals surface area contributed by atoms with Gasteiger partial charge in [0.25, 0.3) is 0 Å². The third-order valence-electron chi connectivity index (χ3n) is 1.84. The standard InChI is InChI=1S/C10H13N3/c1-2-3-4-5-10-12-7-9(6-11)8-13-10/h7-8H,2-5H2,1H3. The zero-order chi connectivity index (χ0) is 9.52. The Kier molecular flexibility index (Phi) is 3.90. The van der Waals surface area contributed by atoms with Crippen molar-refractivity contribution in [1.82, 2.24) is 9.97 Å². The van der Waals surface area contributed by atoms with Gasteiger partial charge in [0.15, 0.2) is 0 Å². The van der Waals surface area contributed by atoms with Gasteiger partial charge in [0.05, 0.1) is 5.56 Å². The summed E-state index contributed by atoms with van der Waals surface area (Å²) in [6.07, 6.45) is 7.62. The summed E-state index contributed by atoms with van der Waals surface area (Å²) < 4.78 is 0. The van der Waals surface area contributed by atoms with Crippen molar-refractivity contribution >= 4 is 0 Å². The molecule has 0 saturated heterocycles. The monoisotopic (exact) mass is 175 g/mol. The van der Waals surface area contributed by atoms with Crippen LogP contribution in [0.4, 0.5) is 0 Å². The van der Waals surface area contributed by atoms with Crippen molar-refractivity contribution in [3.8, 4) is 6.07 Å². The van der Waals surface area contributed by atoms with Gasteiger partial charge in [-0.3, -0.25) is 0 Å². The number of aryl methyl sites for hydroxylation is 1. The van der Waals surface area contributed by atoms with Crippen LogP contribution in [-0.4, -0.2) is 9.97 Å². The number of aromatic nitrogens is 2. The average Bonchev–Trinajstić information content (AvgIpc) is 2.19. The molecule has 0 unspecified atom stereocenters. The van der Waals surface area contributed by atoms with Crippen LogP contribution in [0.1, 0.15) is 37.6 Å². The average molecular weight is 175 g/mol. The number of nitrogens with zero attached hydrogens (tertiary/aromatic N) is 3. The van der Waals surface area contributed by atoms with Crippen molar-refractivity contribution < 1.29 is 0 Å². The third-order valence-corrected chi connectivity index (χ3v) is 1.84. The van der Waals surface area contributed by atoms with Crippen molar-refractivity contribution in [2.75, 3.05) is 0 Å². The van der Waals surface area contributed by atoms with Gasteiger partial charge in [0.1, 0.15) is 11.9 Å². The van der Waals surface area contributed by atoms with Crippen LogP contribution in [-0.2, 0) is 6.42 Å². The fourth-order valence-corrected chi connectivity index (χ4v) is 1.07. The number of hydrogen-bond donors (Lipinski definition) is 0. The van der Waals surface area contributed by atoms with Gasteiger partial charge in [-0.15, -0.1) is 0 Å². The van der Waals surface area contributed by atoms with Crippen molar-refractivity contribution in [3.05, 3.63) is 23.8 Å². The molecule has 68 valence electrons. The van der Waals surface area contributed by atoms with Gasteiger partial charge in [-0.05, 0) is 6.42 Å². The summed E-state index contributed by atoms with van der Waals surface area (Å²) in [5, 5.41) is 8.51. The Bertz CT molecular complexity index is 284. The molecule has 0 aliphatic carbocycles. The molecule has 0 saturated carbocycles. The molecule has 1 aromatic heterocycles. The lowest BCUT2D eigenvalue weighted by Gasteiger charge is -1.97. The second-order valence-corrected chi connectivity index (χ2v) is 2.96. The van der Waals surface area contributed by atoms with E-state index in [0.717, 1.165) is 18.7 Å². The Morgan fingerprint density at radius 3 is 2.54 bits per heavy atom. The maximum atomic E-state index is 8.51. The van der Waals surface area contributed by atoms with Crippen LogP contribution in [0.15, 0.2) is 12.4 Å². The SMILES string of the molecule is CCCCCc1ncc(C#N)cn1. The lowest BCUT2D eigenvalue weighted by molar-refractivity contribution is 0.693. The maximum Gasteiger partial charge on any atom is 0.128 e. The predicted molar refractivity (Wildman–Crippen MR) is 50.0 cm³/mol. The van der Waals surface area contributed by atoms with Crippen LogP contribution < -0.4 is 0 Å². The Morgan fingerprint density at radius 2 is 2.00 bits per heavy atom. The van der Waals surface area contributed by atoms with E-state index in [2.05, 4.69) is 16.9 Å². The predicted octanol–water partition coefficient (Wildman–Crippen LogP) is 2.08. The molecule has 13 heavy (non-hydrogen) atoms. The molecule has 0 bridgehead atoms. The molecule has 1 heterocycles. The highest BCUT2D eigenvalue weighted by Gasteiger charge is 1.96. The third kappa shape index (κ3) is 3.20. The van der Waals surface area contributed by atoms with Crippen LogP contribution in [0.5, 0.6) is 0 Å². The molecular formula is C10H13N3. The van der Waals surface area contributed by atoms with Crippen LogP contribution in [0, 0.1) is 11.3 Å².